The van der Waals surface area contributed by atoms with Crippen LogP contribution >= 0.6 is 0 Å². The van der Waals surface area contributed by atoms with Crippen LogP contribution in [0.5, 0.6) is 0 Å². The summed E-state index contributed by atoms with van der Waals surface area (Å²) >= 11 is 0. The molecule has 0 unspecified atom stereocenters. The number of piperazine rings is 1. The number of rotatable bonds is 4. The quantitative estimate of drug-likeness (QED) is 0.451. The number of hydrogen-bond donors (Lipinski definition) is 1. The first-order valence-electron chi connectivity index (χ1n) is 10.2. The number of urea groups is 1. The topological polar surface area (TPSA) is 99.0 Å². The summed E-state index contributed by atoms with van der Waals surface area (Å²) in [6.07, 6.45) is 0. The zero-order chi connectivity index (χ0) is 23.1. The van der Waals surface area contributed by atoms with E-state index in [0.717, 1.165) is 13.1 Å². The third-order valence-electron chi connectivity index (χ3n) is 5.24. The van der Waals surface area contributed by atoms with E-state index in [2.05, 4.69) is 22.1 Å². The zero-order valence-electron chi connectivity index (χ0n) is 18.1. The second-order valence-electron chi connectivity index (χ2n) is 7.44. The molecule has 0 spiro atoms. The summed E-state index contributed by atoms with van der Waals surface area (Å²) in [5.74, 6) is 5.65. The molecule has 2 aromatic rings. The number of non-ortho nitro benzene ring substituents is 1. The van der Waals surface area contributed by atoms with E-state index in [4.69, 9.17) is 0 Å². The third kappa shape index (κ3) is 5.62. The van der Waals surface area contributed by atoms with Crippen LogP contribution in [0.2, 0.25) is 0 Å². The molecule has 1 aliphatic heterocycles. The Hall–Kier alpha value is -3.90. The van der Waals surface area contributed by atoms with Crippen LogP contribution in [-0.2, 0) is 0 Å². The molecule has 166 valence electrons. The van der Waals surface area contributed by atoms with Gasteiger partial charge in [0.05, 0.1) is 17.2 Å². The Morgan fingerprint density at radius 1 is 1.09 bits per heavy atom. The van der Waals surface area contributed by atoms with Gasteiger partial charge in [0.25, 0.3) is 11.6 Å². The largest absolute Gasteiger partial charge is 0.327 e. The molecule has 1 N–H and O–H groups in total. The van der Waals surface area contributed by atoms with Crippen molar-refractivity contribution < 1.29 is 14.5 Å². The molecule has 0 bridgehead atoms. The van der Waals surface area contributed by atoms with Crippen molar-refractivity contribution in [1.29, 1.82) is 0 Å². The number of nitrogens with one attached hydrogen (secondary N) is 1. The molecule has 1 heterocycles. The van der Waals surface area contributed by atoms with Gasteiger partial charge in [-0.15, -0.1) is 0 Å². The second-order valence-corrected chi connectivity index (χ2v) is 7.44. The molecule has 9 nitrogen and oxygen atoms in total. The van der Waals surface area contributed by atoms with Crippen LogP contribution < -0.4 is 10.2 Å². The number of benzene rings is 2. The molecular formula is C23H25N5O4. The van der Waals surface area contributed by atoms with E-state index in [1.54, 1.807) is 30.1 Å². The first kappa shape index (κ1) is 22.8. The number of nitro benzene ring substituents is 1. The van der Waals surface area contributed by atoms with Gasteiger partial charge in [0.2, 0.25) is 0 Å². The van der Waals surface area contributed by atoms with Crippen LogP contribution in [0.4, 0.5) is 16.2 Å². The van der Waals surface area contributed by atoms with Crippen molar-refractivity contribution in [3.63, 3.8) is 0 Å². The molecule has 1 aliphatic rings. The minimum atomic E-state index is -0.509. The van der Waals surface area contributed by atoms with Crippen molar-refractivity contribution in [1.82, 2.24) is 15.1 Å². The van der Waals surface area contributed by atoms with Gasteiger partial charge in [-0.25, -0.2) is 4.79 Å². The Labute approximate surface area is 186 Å². The van der Waals surface area contributed by atoms with Gasteiger partial charge >= 0.3 is 6.03 Å². The van der Waals surface area contributed by atoms with E-state index in [9.17, 15) is 19.7 Å². The lowest BCUT2D eigenvalue weighted by molar-refractivity contribution is -0.384. The molecule has 1 fully saturated rings. The highest BCUT2D eigenvalue weighted by Crippen LogP contribution is 2.21. The van der Waals surface area contributed by atoms with Crippen LogP contribution in [0.15, 0.2) is 48.5 Å². The zero-order valence-corrected chi connectivity index (χ0v) is 18.1. The molecule has 3 rings (SSSR count). The fourth-order valence-corrected chi connectivity index (χ4v) is 3.28. The van der Waals surface area contributed by atoms with Crippen LogP contribution in [-0.4, -0.2) is 73.5 Å². The highest BCUT2D eigenvalue weighted by molar-refractivity contribution is 6.06. The van der Waals surface area contributed by atoms with E-state index in [1.165, 1.54) is 29.2 Å². The number of amides is 3. The summed E-state index contributed by atoms with van der Waals surface area (Å²) in [6, 6.07) is 12.5. The third-order valence-corrected chi connectivity index (χ3v) is 5.24. The maximum Gasteiger partial charge on any atom is 0.318 e. The summed E-state index contributed by atoms with van der Waals surface area (Å²) in [4.78, 5) is 40.8. The number of para-hydroxylation sites is 1. The van der Waals surface area contributed by atoms with Crippen molar-refractivity contribution in [3.8, 4) is 11.8 Å². The molecule has 0 saturated carbocycles. The minimum Gasteiger partial charge on any atom is -0.327 e. The number of likely N-dealkylation sites (N-methyl/N-ethyl adjacent to an activating group) is 1. The van der Waals surface area contributed by atoms with E-state index in [-0.39, 0.29) is 24.2 Å². The number of anilines is 1. The number of carbonyl (C=O) groups excluding carboxylic acids is 2. The Morgan fingerprint density at radius 3 is 2.41 bits per heavy atom. The Balaban J connectivity index is 1.64. The van der Waals surface area contributed by atoms with E-state index < -0.39 is 4.92 Å². The lowest BCUT2D eigenvalue weighted by atomic mass is 10.1. The molecule has 2 aromatic carbocycles. The summed E-state index contributed by atoms with van der Waals surface area (Å²) < 4.78 is 0. The van der Waals surface area contributed by atoms with E-state index >= 15 is 0 Å². The smallest absolute Gasteiger partial charge is 0.318 e. The maximum absolute atomic E-state index is 12.8. The summed E-state index contributed by atoms with van der Waals surface area (Å²) in [5.41, 5.74) is 1.50. The average Bonchev–Trinajstić information content (AvgIpc) is 2.81. The number of nitro groups is 1. The molecule has 32 heavy (non-hydrogen) atoms. The monoisotopic (exact) mass is 435 g/mol. The standard InChI is InChI=1S/C23H25N5O4/c1-25-14-16-27(17-15-25)23(30)24-13-5-7-18-6-3-4-8-21(18)26(2)22(29)19-9-11-20(12-10-19)28(31)32/h3-4,6,8-12H,13-17H2,1-2H3,(H,24,30). The molecule has 0 aromatic heterocycles. The fourth-order valence-electron chi connectivity index (χ4n) is 3.28. The Kier molecular flexibility index (Phi) is 7.41. The summed E-state index contributed by atoms with van der Waals surface area (Å²) in [6.45, 7) is 3.27. The molecule has 1 saturated heterocycles. The van der Waals surface area contributed by atoms with Gasteiger partial charge in [-0.3, -0.25) is 14.9 Å². The van der Waals surface area contributed by atoms with Crippen molar-refractivity contribution in [3.05, 3.63) is 69.8 Å². The first-order chi connectivity index (χ1) is 15.4. The highest BCUT2D eigenvalue weighted by Gasteiger charge is 2.18. The summed E-state index contributed by atoms with van der Waals surface area (Å²) in [7, 11) is 3.65. The van der Waals surface area contributed by atoms with Crippen molar-refractivity contribution in [2.24, 2.45) is 0 Å². The fraction of sp³-hybridized carbons (Fsp3) is 0.304. The summed E-state index contributed by atoms with van der Waals surface area (Å²) in [5, 5.41) is 13.6. The number of nitrogens with zero attached hydrogens (tertiary/aromatic N) is 4. The predicted molar refractivity (Wildman–Crippen MR) is 122 cm³/mol. The van der Waals surface area contributed by atoms with Crippen molar-refractivity contribution in [2.45, 2.75) is 0 Å². The normalized spacial score (nSPS) is 13.6. The Morgan fingerprint density at radius 2 is 1.75 bits per heavy atom. The highest BCUT2D eigenvalue weighted by atomic mass is 16.6. The van der Waals surface area contributed by atoms with E-state index in [0.29, 0.717) is 29.9 Å². The molecular weight excluding hydrogens is 410 g/mol. The van der Waals surface area contributed by atoms with Crippen LogP contribution in [0.1, 0.15) is 15.9 Å². The molecule has 3 amide bonds. The average molecular weight is 435 g/mol. The Bertz CT molecular complexity index is 1050. The van der Waals surface area contributed by atoms with Gasteiger partial charge in [-0.1, -0.05) is 24.0 Å². The first-order valence-corrected chi connectivity index (χ1v) is 10.2. The van der Waals surface area contributed by atoms with Gasteiger partial charge in [0, 0.05) is 56.5 Å². The van der Waals surface area contributed by atoms with E-state index in [1.807, 2.05) is 13.1 Å². The van der Waals surface area contributed by atoms with Crippen LogP contribution in [0, 0.1) is 22.0 Å². The van der Waals surface area contributed by atoms with Gasteiger partial charge in [0.1, 0.15) is 0 Å². The lowest BCUT2D eigenvalue weighted by Crippen LogP contribution is -2.50. The lowest BCUT2D eigenvalue weighted by Gasteiger charge is -2.32. The maximum atomic E-state index is 12.8. The van der Waals surface area contributed by atoms with Gasteiger partial charge in [0.15, 0.2) is 0 Å². The second kappa shape index (κ2) is 10.4. The molecule has 0 aliphatic carbocycles. The van der Waals surface area contributed by atoms with Crippen LogP contribution in [0.25, 0.3) is 0 Å². The van der Waals surface area contributed by atoms with Gasteiger partial charge < -0.3 is 20.0 Å². The minimum absolute atomic E-state index is 0.0749. The van der Waals surface area contributed by atoms with Crippen molar-refractivity contribution >= 4 is 23.3 Å². The van der Waals surface area contributed by atoms with Crippen LogP contribution in [0.3, 0.4) is 0 Å². The van der Waals surface area contributed by atoms with Gasteiger partial charge in [-0.2, -0.15) is 0 Å². The predicted octanol–water partition coefficient (Wildman–Crippen LogP) is 2.18. The molecule has 9 heteroatoms. The molecule has 0 radical (unpaired) electrons. The van der Waals surface area contributed by atoms with Crippen molar-refractivity contribution in [2.75, 3.05) is 51.7 Å². The SMILES string of the molecule is CN1CCN(C(=O)NCC#Cc2ccccc2N(C)C(=O)c2ccc([N+](=O)[O-])cc2)CC1. The number of carbonyl (C=O) groups is 2. The molecule has 0 atom stereocenters. The van der Waals surface area contributed by atoms with Gasteiger partial charge in [-0.05, 0) is 31.3 Å². The number of hydrogen-bond acceptors (Lipinski definition) is 5.